The normalized spacial score (nSPS) is 19.8. The predicted octanol–water partition coefficient (Wildman–Crippen LogP) is 3.41. The molecule has 0 radical (unpaired) electrons. The van der Waals surface area contributed by atoms with Crippen LogP contribution in [0, 0.1) is 5.92 Å². The molecule has 1 heterocycles. The number of phenols is 1. The third kappa shape index (κ3) is 3.63. The van der Waals surface area contributed by atoms with Gasteiger partial charge < -0.3 is 9.84 Å². The molecule has 0 aromatic heterocycles. The van der Waals surface area contributed by atoms with Gasteiger partial charge >= 0.3 is 0 Å². The quantitative estimate of drug-likeness (QED) is 0.853. The van der Waals surface area contributed by atoms with Crippen LogP contribution in [-0.4, -0.2) is 29.7 Å². The van der Waals surface area contributed by atoms with E-state index in [4.69, 9.17) is 4.74 Å². The van der Waals surface area contributed by atoms with E-state index >= 15 is 0 Å². The van der Waals surface area contributed by atoms with E-state index in [-0.39, 0.29) is 0 Å². The second kappa shape index (κ2) is 6.80. The summed E-state index contributed by atoms with van der Waals surface area (Å²) in [5, 5.41) is 10.2. The molecule has 0 saturated carbocycles. The number of likely N-dealkylation sites (tertiary alicyclic amines) is 1. The summed E-state index contributed by atoms with van der Waals surface area (Å²) in [4.78, 5) is 2.44. The number of ether oxygens (including phenoxy) is 1. The van der Waals surface area contributed by atoms with Gasteiger partial charge in [0.25, 0.3) is 0 Å². The zero-order valence-corrected chi connectivity index (χ0v) is 12.1. The number of hydrogen-bond acceptors (Lipinski definition) is 3. The number of phenolic OH excluding ortho intramolecular Hbond substituents is 1. The third-order valence-electron chi connectivity index (χ3n) is 3.84. The Kier molecular flexibility index (Phi) is 5.08. The number of nitrogens with zero attached hydrogens (tertiary/aromatic N) is 1. The molecule has 1 N–H and O–H groups in total. The van der Waals surface area contributed by atoms with Gasteiger partial charge in [0.2, 0.25) is 0 Å². The topological polar surface area (TPSA) is 32.7 Å². The van der Waals surface area contributed by atoms with Crippen molar-refractivity contribution < 1.29 is 9.84 Å². The highest BCUT2D eigenvalue weighted by molar-refractivity contribution is 5.45. The van der Waals surface area contributed by atoms with Crippen molar-refractivity contribution in [2.45, 2.75) is 39.7 Å². The van der Waals surface area contributed by atoms with Crippen molar-refractivity contribution >= 4 is 0 Å². The van der Waals surface area contributed by atoms with E-state index in [1.54, 1.807) is 0 Å². The van der Waals surface area contributed by atoms with Crippen molar-refractivity contribution in [3.05, 3.63) is 23.8 Å². The maximum atomic E-state index is 10.2. The first-order valence-electron chi connectivity index (χ1n) is 7.40. The largest absolute Gasteiger partial charge is 0.504 e. The van der Waals surface area contributed by atoms with Crippen LogP contribution in [0.2, 0.25) is 0 Å². The van der Waals surface area contributed by atoms with E-state index in [1.807, 2.05) is 25.1 Å². The molecular formula is C16H25NO2. The van der Waals surface area contributed by atoms with Gasteiger partial charge in [-0.25, -0.2) is 0 Å². The Morgan fingerprint density at radius 3 is 2.95 bits per heavy atom. The number of para-hydroxylation sites is 1. The van der Waals surface area contributed by atoms with Crippen molar-refractivity contribution in [3.8, 4) is 11.5 Å². The molecule has 3 heteroatoms. The highest BCUT2D eigenvalue weighted by atomic mass is 16.5. The van der Waals surface area contributed by atoms with E-state index in [0.29, 0.717) is 18.1 Å². The Morgan fingerprint density at radius 2 is 2.21 bits per heavy atom. The van der Waals surface area contributed by atoms with Crippen LogP contribution >= 0.6 is 0 Å². The molecule has 1 atom stereocenters. The number of benzene rings is 1. The molecule has 1 aliphatic heterocycles. The minimum atomic E-state index is 0.309. The summed E-state index contributed by atoms with van der Waals surface area (Å²) in [5.41, 5.74) is 0.975. The SMILES string of the molecule is CCCC1CCN(Cc2cccc(OCC)c2O)C1. The third-order valence-corrected chi connectivity index (χ3v) is 3.84. The number of aromatic hydroxyl groups is 1. The predicted molar refractivity (Wildman–Crippen MR) is 77.6 cm³/mol. The first-order chi connectivity index (χ1) is 9.24. The smallest absolute Gasteiger partial charge is 0.162 e. The lowest BCUT2D eigenvalue weighted by Gasteiger charge is -2.18. The average molecular weight is 263 g/mol. The van der Waals surface area contributed by atoms with Gasteiger partial charge in [0.1, 0.15) is 0 Å². The van der Waals surface area contributed by atoms with Crippen molar-refractivity contribution in [3.63, 3.8) is 0 Å². The fourth-order valence-corrected chi connectivity index (χ4v) is 2.91. The average Bonchev–Trinajstić information content (AvgIpc) is 2.83. The summed E-state index contributed by atoms with van der Waals surface area (Å²) in [6.45, 7) is 7.89. The standard InChI is InChI=1S/C16H25NO2/c1-3-6-13-9-10-17(11-13)12-14-7-5-8-15(16(14)18)19-4-2/h5,7-8,13,18H,3-4,6,9-12H2,1-2H3. The van der Waals surface area contributed by atoms with Crippen LogP contribution in [0.15, 0.2) is 18.2 Å². The Morgan fingerprint density at radius 1 is 1.37 bits per heavy atom. The van der Waals surface area contributed by atoms with Gasteiger partial charge in [0.05, 0.1) is 6.61 Å². The van der Waals surface area contributed by atoms with E-state index in [0.717, 1.165) is 31.1 Å². The maximum absolute atomic E-state index is 10.2. The molecule has 3 nitrogen and oxygen atoms in total. The van der Waals surface area contributed by atoms with Gasteiger partial charge in [0.15, 0.2) is 11.5 Å². The Hall–Kier alpha value is -1.22. The summed E-state index contributed by atoms with van der Waals surface area (Å²) in [5.74, 6) is 1.75. The van der Waals surface area contributed by atoms with Gasteiger partial charge in [-0.1, -0.05) is 25.5 Å². The monoisotopic (exact) mass is 263 g/mol. The lowest BCUT2D eigenvalue weighted by atomic mass is 10.0. The van der Waals surface area contributed by atoms with Crippen LogP contribution in [-0.2, 0) is 6.54 Å². The van der Waals surface area contributed by atoms with Crippen LogP contribution in [0.3, 0.4) is 0 Å². The molecule has 1 saturated heterocycles. The summed E-state index contributed by atoms with van der Waals surface area (Å²) < 4.78 is 5.43. The van der Waals surface area contributed by atoms with E-state index in [1.165, 1.54) is 19.3 Å². The highest BCUT2D eigenvalue weighted by Gasteiger charge is 2.22. The van der Waals surface area contributed by atoms with Gasteiger partial charge in [0, 0.05) is 18.7 Å². The minimum absolute atomic E-state index is 0.309. The van der Waals surface area contributed by atoms with E-state index in [2.05, 4.69) is 11.8 Å². The molecular weight excluding hydrogens is 238 g/mol. The molecule has 1 unspecified atom stereocenters. The van der Waals surface area contributed by atoms with Crippen molar-refractivity contribution in [1.82, 2.24) is 4.90 Å². The second-order valence-electron chi connectivity index (χ2n) is 5.38. The summed E-state index contributed by atoms with van der Waals surface area (Å²) in [6, 6.07) is 5.77. The second-order valence-corrected chi connectivity index (χ2v) is 5.38. The Labute approximate surface area is 116 Å². The summed E-state index contributed by atoms with van der Waals surface area (Å²) >= 11 is 0. The lowest BCUT2D eigenvalue weighted by Crippen LogP contribution is -2.20. The Bertz CT molecular complexity index is 406. The number of hydrogen-bond donors (Lipinski definition) is 1. The van der Waals surface area contributed by atoms with E-state index in [9.17, 15) is 5.11 Å². The zero-order chi connectivity index (χ0) is 13.7. The molecule has 0 aliphatic carbocycles. The van der Waals surface area contributed by atoms with Crippen LogP contribution < -0.4 is 4.74 Å². The van der Waals surface area contributed by atoms with Crippen LogP contribution in [0.5, 0.6) is 11.5 Å². The van der Waals surface area contributed by atoms with Gasteiger partial charge in [-0.15, -0.1) is 0 Å². The molecule has 1 aliphatic rings. The fourth-order valence-electron chi connectivity index (χ4n) is 2.91. The van der Waals surface area contributed by atoms with Crippen LogP contribution in [0.1, 0.15) is 38.7 Å². The molecule has 106 valence electrons. The van der Waals surface area contributed by atoms with Gasteiger partial charge in [-0.3, -0.25) is 4.90 Å². The molecule has 0 spiro atoms. The molecule has 1 fully saturated rings. The molecule has 19 heavy (non-hydrogen) atoms. The van der Waals surface area contributed by atoms with Crippen molar-refractivity contribution in [2.75, 3.05) is 19.7 Å². The van der Waals surface area contributed by atoms with E-state index < -0.39 is 0 Å². The fraction of sp³-hybridized carbons (Fsp3) is 0.625. The molecule has 1 aromatic rings. The van der Waals surface area contributed by atoms with Crippen LogP contribution in [0.4, 0.5) is 0 Å². The van der Waals surface area contributed by atoms with Crippen LogP contribution in [0.25, 0.3) is 0 Å². The molecule has 2 rings (SSSR count). The summed E-state index contributed by atoms with van der Waals surface area (Å²) in [7, 11) is 0. The lowest BCUT2D eigenvalue weighted by molar-refractivity contribution is 0.295. The maximum Gasteiger partial charge on any atom is 0.162 e. The van der Waals surface area contributed by atoms with Gasteiger partial charge in [-0.2, -0.15) is 0 Å². The molecule has 0 amide bonds. The first kappa shape index (κ1) is 14.2. The van der Waals surface area contributed by atoms with Crippen molar-refractivity contribution in [1.29, 1.82) is 0 Å². The summed E-state index contributed by atoms with van der Waals surface area (Å²) in [6.07, 6.45) is 3.88. The molecule has 1 aromatic carbocycles. The minimum Gasteiger partial charge on any atom is -0.504 e. The van der Waals surface area contributed by atoms with Crippen molar-refractivity contribution in [2.24, 2.45) is 5.92 Å². The Balaban J connectivity index is 1.98. The first-order valence-corrected chi connectivity index (χ1v) is 7.40. The highest BCUT2D eigenvalue weighted by Crippen LogP contribution is 2.32. The number of rotatable bonds is 6. The zero-order valence-electron chi connectivity index (χ0n) is 12.1. The van der Waals surface area contributed by atoms with Gasteiger partial charge in [-0.05, 0) is 38.3 Å². The molecule has 0 bridgehead atoms.